The Balaban J connectivity index is 1.93. The van der Waals surface area contributed by atoms with Crippen LogP contribution in [0.1, 0.15) is 28.8 Å². The molecule has 0 saturated carbocycles. The van der Waals surface area contributed by atoms with Crippen molar-refractivity contribution in [2.24, 2.45) is 0 Å². The zero-order chi connectivity index (χ0) is 15.1. The van der Waals surface area contributed by atoms with E-state index in [9.17, 15) is 4.79 Å². The fourth-order valence-corrected chi connectivity index (χ4v) is 3.25. The molecule has 0 radical (unpaired) electrons. The van der Waals surface area contributed by atoms with Crippen LogP contribution in [-0.2, 0) is 6.42 Å². The summed E-state index contributed by atoms with van der Waals surface area (Å²) >= 11 is 0. The predicted molar refractivity (Wildman–Crippen MR) is 81.8 cm³/mol. The Morgan fingerprint density at radius 3 is 2.77 bits per heavy atom. The van der Waals surface area contributed by atoms with E-state index in [-0.39, 0.29) is 12.6 Å². The van der Waals surface area contributed by atoms with Gasteiger partial charge in [0, 0.05) is 17.5 Å². The second-order valence-electron chi connectivity index (χ2n) is 5.51. The highest BCUT2D eigenvalue weighted by Gasteiger charge is 2.24. The van der Waals surface area contributed by atoms with E-state index in [0.717, 1.165) is 52.3 Å². The largest absolute Gasteiger partial charge is 0.496 e. The van der Waals surface area contributed by atoms with Gasteiger partial charge in [-0.15, -0.1) is 0 Å². The first kappa shape index (κ1) is 13.2. The summed E-state index contributed by atoms with van der Waals surface area (Å²) in [5.74, 6) is 2.49. The molecule has 112 valence electrons. The van der Waals surface area contributed by atoms with Crippen LogP contribution in [0.2, 0.25) is 0 Å². The van der Waals surface area contributed by atoms with Gasteiger partial charge < -0.3 is 14.2 Å². The fraction of sp³-hybridized carbons (Fsp3) is 0.278. The lowest BCUT2D eigenvalue weighted by Gasteiger charge is -2.21. The molecule has 0 fully saturated rings. The smallest absolute Gasteiger partial charge is 0.231 e. The lowest BCUT2D eigenvalue weighted by Crippen LogP contribution is -2.12. The number of ether oxygens (including phenoxy) is 3. The first-order valence-electron chi connectivity index (χ1n) is 7.41. The molecule has 0 aromatic heterocycles. The lowest BCUT2D eigenvalue weighted by molar-refractivity contribution is 0.0972. The monoisotopic (exact) mass is 296 g/mol. The molecule has 2 aliphatic rings. The van der Waals surface area contributed by atoms with Crippen LogP contribution in [0.3, 0.4) is 0 Å². The van der Waals surface area contributed by atoms with Gasteiger partial charge in [-0.25, -0.2) is 0 Å². The van der Waals surface area contributed by atoms with E-state index >= 15 is 0 Å². The summed E-state index contributed by atoms with van der Waals surface area (Å²) < 4.78 is 16.4. The summed E-state index contributed by atoms with van der Waals surface area (Å²) in [6, 6.07) is 9.61. The number of carbonyl (C=O) groups excluding carboxylic acids is 1. The number of ketones is 1. The predicted octanol–water partition coefficient (Wildman–Crippen LogP) is 3.61. The molecule has 0 unspecified atom stereocenters. The molecule has 4 nitrogen and oxygen atoms in total. The number of hydrogen-bond donors (Lipinski definition) is 0. The number of rotatable bonds is 2. The van der Waals surface area contributed by atoms with Crippen molar-refractivity contribution in [3.8, 4) is 28.4 Å². The Kier molecular flexibility index (Phi) is 3.03. The zero-order valence-electron chi connectivity index (χ0n) is 12.3. The van der Waals surface area contributed by atoms with Crippen molar-refractivity contribution >= 4 is 5.78 Å². The maximum Gasteiger partial charge on any atom is 0.231 e. The van der Waals surface area contributed by atoms with Gasteiger partial charge in [-0.1, -0.05) is 6.07 Å². The molecule has 0 N–H and O–H groups in total. The Hall–Kier alpha value is -2.49. The van der Waals surface area contributed by atoms with Crippen LogP contribution in [0.5, 0.6) is 17.2 Å². The van der Waals surface area contributed by atoms with Crippen LogP contribution in [0.4, 0.5) is 0 Å². The minimum absolute atomic E-state index is 0.214. The number of hydrogen-bond acceptors (Lipinski definition) is 4. The van der Waals surface area contributed by atoms with E-state index < -0.39 is 0 Å². The maximum atomic E-state index is 12.2. The molecular weight excluding hydrogens is 280 g/mol. The molecule has 2 aromatic rings. The normalized spacial score (nSPS) is 15.6. The minimum atomic E-state index is 0.214. The number of carbonyl (C=O) groups is 1. The van der Waals surface area contributed by atoms with E-state index in [4.69, 9.17) is 14.2 Å². The molecule has 2 aromatic carbocycles. The fourth-order valence-electron chi connectivity index (χ4n) is 3.25. The molecule has 0 saturated heterocycles. The molecular formula is C18H16O4. The van der Waals surface area contributed by atoms with Crippen molar-refractivity contribution < 1.29 is 19.0 Å². The number of methoxy groups -OCH3 is 1. The Morgan fingerprint density at radius 1 is 1.05 bits per heavy atom. The third-order valence-corrected chi connectivity index (χ3v) is 4.29. The summed E-state index contributed by atoms with van der Waals surface area (Å²) in [6.07, 6.45) is 2.40. The van der Waals surface area contributed by atoms with Crippen molar-refractivity contribution in [2.45, 2.75) is 19.3 Å². The minimum Gasteiger partial charge on any atom is -0.496 e. The van der Waals surface area contributed by atoms with Crippen LogP contribution in [0, 0.1) is 0 Å². The topological polar surface area (TPSA) is 44.8 Å². The SMILES string of the molecule is COc1ccc2c(c1-c1ccc3c(c1)OCO3)CCCC2=O. The van der Waals surface area contributed by atoms with Gasteiger partial charge in [-0.05, 0) is 48.2 Å². The maximum absolute atomic E-state index is 12.2. The summed E-state index contributed by atoms with van der Waals surface area (Å²) in [7, 11) is 1.66. The van der Waals surface area contributed by atoms with Crippen LogP contribution >= 0.6 is 0 Å². The van der Waals surface area contributed by atoms with Crippen LogP contribution in [0.15, 0.2) is 30.3 Å². The third kappa shape index (κ3) is 1.95. The van der Waals surface area contributed by atoms with Gasteiger partial charge in [0.05, 0.1) is 7.11 Å². The Morgan fingerprint density at radius 2 is 1.91 bits per heavy atom. The number of Topliss-reactive ketones (excluding diaryl/α,β-unsaturated/α-hetero) is 1. The summed E-state index contributed by atoms with van der Waals surface area (Å²) in [6.45, 7) is 0.251. The van der Waals surface area contributed by atoms with Gasteiger partial charge >= 0.3 is 0 Å². The average molecular weight is 296 g/mol. The van der Waals surface area contributed by atoms with Crippen molar-refractivity contribution in [1.29, 1.82) is 0 Å². The van der Waals surface area contributed by atoms with Crippen LogP contribution in [-0.4, -0.2) is 19.7 Å². The summed E-state index contributed by atoms with van der Waals surface area (Å²) in [5, 5.41) is 0. The van der Waals surface area contributed by atoms with Crippen molar-refractivity contribution in [3.05, 3.63) is 41.5 Å². The second-order valence-corrected chi connectivity index (χ2v) is 5.51. The second kappa shape index (κ2) is 5.05. The first-order valence-corrected chi connectivity index (χ1v) is 7.41. The van der Waals surface area contributed by atoms with Gasteiger partial charge in [0.2, 0.25) is 6.79 Å². The average Bonchev–Trinajstić information content (AvgIpc) is 3.01. The van der Waals surface area contributed by atoms with E-state index in [1.165, 1.54) is 0 Å². The standard InChI is InChI=1S/C18H16O4/c1-20-16-8-6-12-13(3-2-4-14(12)19)18(16)11-5-7-15-17(9-11)22-10-21-15/h5-9H,2-4,10H2,1H3. The quantitative estimate of drug-likeness (QED) is 0.849. The van der Waals surface area contributed by atoms with E-state index in [1.807, 2.05) is 30.3 Å². The molecule has 0 amide bonds. The highest BCUT2D eigenvalue weighted by atomic mass is 16.7. The van der Waals surface area contributed by atoms with E-state index in [1.54, 1.807) is 7.11 Å². The number of fused-ring (bicyclic) bond motifs is 2. The highest BCUT2D eigenvalue weighted by Crippen LogP contribution is 2.42. The Bertz CT molecular complexity index is 764. The molecule has 1 aliphatic carbocycles. The van der Waals surface area contributed by atoms with Gasteiger partial charge in [0.25, 0.3) is 0 Å². The molecule has 22 heavy (non-hydrogen) atoms. The van der Waals surface area contributed by atoms with Crippen molar-refractivity contribution in [2.75, 3.05) is 13.9 Å². The van der Waals surface area contributed by atoms with Gasteiger partial charge in [0.1, 0.15) is 5.75 Å². The molecule has 1 aliphatic heterocycles. The van der Waals surface area contributed by atoms with E-state index in [0.29, 0.717) is 6.42 Å². The van der Waals surface area contributed by atoms with Gasteiger partial charge in [0.15, 0.2) is 17.3 Å². The van der Waals surface area contributed by atoms with Gasteiger partial charge in [-0.2, -0.15) is 0 Å². The molecule has 4 heteroatoms. The molecule has 4 rings (SSSR count). The third-order valence-electron chi connectivity index (χ3n) is 4.29. The number of benzene rings is 2. The zero-order valence-corrected chi connectivity index (χ0v) is 12.3. The summed E-state index contributed by atoms with van der Waals surface area (Å²) in [5.41, 5.74) is 3.88. The van der Waals surface area contributed by atoms with Crippen LogP contribution in [0.25, 0.3) is 11.1 Å². The molecule has 0 atom stereocenters. The Labute approximate surface area is 128 Å². The van der Waals surface area contributed by atoms with Crippen molar-refractivity contribution in [3.63, 3.8) is 0 Å². The summed E-state index contributed by atoms with van der Waals surface area (Å²) in [4.78, 5) is 12.2. The first-order chi connectivity index (χ1) is 10.8. The molecule has 0 bridgehead atoms. The molecule has 0 spiro atoms. The molecule has 1 heterocycles. The van der Waals surface area contributed by atoms with E-state index in [2.05, 4.69) is 0 Å². The lowest BCUT2D eigenvalue weighted by atomic mass is 9.84. The van der Waals surface area contributed by atoms with Crippen molar-refractivity contribution in [1.82, 2.24) is 0 Å². The van der Waals surface area contributed by atoms with Crippen LogP contribution < -0.4 is 14.2 Å². The van der Waals surface area contributed by atoms with Gasteiger partial charge in [-0.3, -0.25) is 4.79 Å². The highest BCUT2D eigenvalue weighted by molar-refractivity contribution is 6.01.